The molecule has 1 aromatic carbocycles. The van der Waals surface area contributed by atoms with Crippen LogP contribution in [0.4, 0.5) is 4.39 Å². The second-order valence-corrected chi connectivity index (χ2v) is 3.14. The molecule has 0 saturated heterocycles. The third-order valence-electron chi connectivity index (χ3n) is 1.79. The van der Waals surface area contributed by atoms with E-state index < -0.39 is 5.82 Å². The summed E-state index contributed by atoms with van der Waals surface area (Å²) in [5.41, 5.74) is 5.78. The zero-order valence-electron chi connectivity index (χ0n) is 7.06. The summed E-state index contributed by atoms with van der Waals surface area (Å²) >= 11 is 5.51. The van der Waals surface area contributed by atoms with Gasteiger partial charge in [0.25, 0.3) is 0 Å². The van der Waals surface area contributed by atoms with Gasteiger partial charge in [0, 0.05) is 0 Å². The van der Waals surface area contributed by atoms with Gasteiger partial charge in [-0.2, -0.15) is 0 Å². The van der Waals surface area contributed by atoms with E-state index in [1.807, 2.05) is 0 Å². The molecule has 1 rings (SSSR count). The number of nitrogens with two attached hydrogens (primary N) is 1. The van der Waals surface area contributed by atoms with Crippen molar-refractivity contribution in [2.75, 3.05) is 6.54 Å². The Morgan fingerprint density at radius 2 is 2.15 bits per heavy atom. The molecule has 0 aliphatic heterocycles. The van der Waals surface area contributed by atoms with Gasteiger partial charge in [-0.05, 0) is 31.0 Å². The van der Waals surface area contributed by atoms with Gasteiger partial charge in [0.1, 0.15) is 16.6 Å². The molecule has 1 aromatic rings. The SMILES string of the molecule is NCCCc1ccc(O)c(Cl)c1F. The van der Waals surface area contributed by atoms with Crippen molar-refractivity contribution in [2.45, 2.75) is 12.8 Å². The number of hydrogen-bond acceptors (Lipinski definition) is 2. The molecular formula is C9H11ClFNO. The molecule has 0 aliphatic carbocycles. The van der Waals surface area contributed by atoms with E-state index in [0.29, 0.717) is 24.9 Å². The summed E-state index contributed by atoms with van der Waals surface area (Å²) in [4.78, 5) is 0. The van der Waals surface area contributed by atoms with E-state index in [9.17, 15) is 4.39 Å². The van der Waals surface area contributed by atoms with Crippen molar-refractivity contribution in [1.29, 1.82) is 0 Å². The highest BCUT2D eigenvalue weighted by atomic mass is 35.5. The van der Waals surface area contributed by atoms with Crippen LogP contribution in [0.3, 0.4) is 0 Å². The monoisotopic (exact) mass is 203 g/mol. The van der Waals surface area contributed by atoms with Crippen LogP contribution < -0.4 is 5.73 Å². The average Bonchev–Trinajstić information content (AvgIpc) is 2.13. The number of hydrogen-bond donors (Lipinski definition) is 2. The van der Waals surface area contributed by atoms with Crippen LogP contribution in [-0.2, 0) is 6.42 Å². The lowest BCUT2D eigenvalue weighted by Gasteiger charge is -2.04. The van der Waals surface area contributed by atoms with Crippen molar-refractivity contribution >= 4 is 11.6 Å². The van der Waals surface area contributed by atoms with Crippen LogP contribution in [0.25, 0.3) is 0 Å². The predicted octanol–water partition coefficient (Wildman–Crippen LogP) is 2.08. The topological polar surface area (TPSA) is 46.2 Å². The summed E-state index contributed by atoms with van der Waals surface area (Å²) < 4.78 is 13.3. The molecule has 0 aromatic heterocycles. The Morgan fingerprint density at radius 3 is 2.77 bits per heavy atom. The van der Waals surface area contributed by atoms with Gasteiger partial charge in [-0.15, -0.1) is 0 Å². The normalized spacial score (nSPS) is 10.4. The van der Waals surface area contributed by atoms with Gasteiger partial charge in [-0.3, -0.25) is 0 Å². The van der Waals surface area contributed by atoms with Crippen LogP contribution in [0.2, 0.25) is 5.02 Å². The minimum absolute atomic E-state index is 0.213. The van der Waals surface area contributed by atoms with E-state index in [2.05, 4.69) is 0 Å². The highest BCUT2D eigenvalue weighted by Crippen LogP contribution is 2.28. The molecule has 2 nitrogen and oxygen atoms in total. The largest absolute Gasteiger partial charge is 0.506 e. The molecule has 0 radical (unpaired) electrons. The Labute approximate surface area is 81.1 Å². The molecule has 13 heavy (non-hydrogen) atoms. The molecule has 4 heteroatoms. The number of aryl methyl sites for hydroxylation is 1. The van der Waals surface area contributed by atoms with Gasteiger partial charge in [-0.1, -0.05) is 17.7 Å². The number of benzene rings is 1. The second-order valence-electron chi connectivity index (χ2n) is 2.76. The van der Waals surface area contributed by atoms with Gasteiger partial charge >= 0.3 is 0 Å². The minimum atomic E-state index is -0.546. The first-order valence-corrected chi connectivity index (χ1v) is 4.40. The molecule has 0 spiro atoms. The number of rotatable bonds is 3. The van der Waals surface area contributed by atoms with Crippen LogP contribution in [0.15, 0.2) is 12.1 Å². The third-order valence-corrected chi connectivity index (χ3v) is 2.15. The van der Waals surface area contributed by atoms with Crippen molar-refractivity contribution in [3.05, 3.63) is 28.5 Å². The Morgan fingerprint density at radius 1 is 1.46 bits per heavy atom. The summed E-state index contributed by atoms with van der Waals surface area (Å²) in [6, 6.07) is 2.91. The van der Waals surface area contributed by atoms with Gasteiger partial charge in [-0.25, -0.2) is 4.39 Å². The molecule has 0 atom stereocenters. The van der Waals surface area contributed by atoms with Crippen LogP contribution in [0.5, 0.6) is 5.75 Å². The fraction of sp³-hybridized carbons (Fsp3) is 0.333. The maximum absolute atomic E-state index is 13.3. The van der Waals surface area contributed by atoms with E-state index in [1.165, 1.54) is 12.1 Å². The lowest BCUT2D eigenvalue weighted by molar-refractivity contribution is 0.468. The second kappa shape index (κ2) is 4.44. The molecule has 0 saturated carbocycles. The molecule has 0 aliphatic rings. The number of halogens is 2. The average molecular weight is 204 g/mol. The van der Waals surface area contributed by atoms with Gasteiger partial charge in [0.05, 0.1) is 0 Å². The Hall–Kier alpha value is -0.800. The van der Waals surface area contributed by atoms with Crippen molar-refractivity contribution in [3.63, 3.8) is 0 Å². The van der Waals surface area contributed by atoms with Crippen molar-refractivity contribution in [2.24, 2.45) is 5.73 Å². The fourth-order valence-corrected chi connectivity index (χ4v) is 1.25. The molecule has 0 heterocycles. The molecule has 3 N–H and O–H groups in total. The highest BCUT2D eigenvalue weighted by Gasteiger charge is 2.09. The number of phenolic OH excluding ortho intramolecular Hbond substituents is 1. The summed E-state index contributed by atoms with van der Waals surface area (Å²) in [5.74, 6) is -0.772. The van der Waals surface area contributed by atoms with Crippen LogP contribution in [0, 0.1) is 5.82 Å². The highest BCUT2D eigenvalue weighted by molar-refractivity contribution is 6.32. The van der Waals surface area contributed by atoms with Gasteiger partial charge in [0.15, 0.2) is 0 Å². The first-order chi connectivity index (χ1) is 6.16. The van der Waals surface area contributed by atoms with E-state index in [0.717, 1.165) is 0 Å². The van der Waals surface area contributed by atoms with Crippen molar-refractivity contribution < 1.29 is 9.50 Å². The third kappa shape index (κ3) is 2.32. The van der Waals surface area contributed by atoms with Crippen LogP contribution in [0.1, 0.15) is 12.0 Å². The first kappa shape index (κ1) is 10.3. The Balaban J connectivity index is 2.90. The maximum Gasteiger partial charge on any atom is 0.148 e. The van der Waals surface area contributed by atoms with Crippen molar-refractivity contribution in [1.82, 2.24) is 0 Å². The quantitative estimate of drug-likeness (QED) is 0.790. The van der Waals surface area contributed by atoms with Gasteiger partial charge < -0.3 is 10.8 Å². The van der Waals surface area contributed by atoms with E-state index in [1.54, 1.807) is 0 Å². The smallest absolute Gasteiger partial charge is 0.148 e. The maximum atomic E-state index is 13.3. The van der Waals surface area contributed by atoms with Crippen LogP contribution in [-0.4, -0.2) is 11.7 Å². The molecule has 0 bridgehead atoms. The lowest BCUT2D eigenvalue weighted by atomic mass is 10.1. The minimum Gasteiger partial charge on any atom is -0.506 e. The van der Waals surface area contributed by atoms with E-state index in [-0.39, 0.29) is 10.8 Å². The zero-order chi connectivity index (χ0) is 9.84. The fourth-order valence-electron chi connectivity index (χ4n) is 1.06. The predicted molar refractivity (Wildman–Crippen MR) is 50.5 cm³/mol. The summed E-state index contributed by atoms with van der Waals surface area (Å²) in [6.45, 7) is 0.512. The number of phenols is 1. The van der Waals surface area contributed by atoms with Crippen molar-refractivity contribution in [3.8, 4) is 5.75 Å². The first-order valence-electron chi connectivity index (χ1n) is 4.02. The Bertz CT molecular complexity index is 304. The molecular weight excluding hydrogens is 193 g/mol. The standard InChI is InChI=1S/C9H11ClFNO/c10-8-7(13)4-3-6(9(8)11)2-1-5-12/h3-4,13H,1-2,5,12H2. The molecule has 72 valence electrons. The van der Waals surface area contributed by atoms with E-state index >= 15 is 0 Å². The summed E-state index contributed by atoms with van der Waals surface area (Å²) in [5, 5.41) is 8.84. The van der Waals surface area contributed by atoms with E-state index in [4.69, 9.17) is 22.4 Å². The number of aromatic hydroxyl groups is 1. The molecule has 0 amide bonds. The Kier molecular flexibility index (Phi) is 3.51. The summed E-state index contributed by atoms with van der Waals surface area (Å²) in [6.07, 6.45) is 1.25. The molecule has 0 fully saturated rings. The zero-order valence-corrected chi connectivity index (χ0v) is 7.81. The van der Waals surface area contributed by atoms with Crippen LogP contribution >= 0.6 is 11.6 Å². The van der Waals surface area contributed by atoms with Gasteiger partial charge in [0.2, 0.25) is 0 Å². The molecule has 0 unspecified atom stereocenters. The lowest BCUT2D eigenvalue weighted by Crippen LogP contribution is -2.01. The summed E-state index contributed by atoms with van der Waals surface area (Å²) in [7, 11) is 0.